The van der Waals surface area contributed by atoms with Crippen LogP contribution in [0.15, 0.2) is 62.7 Å². The Kier molecular flexibility index (Phi) is 5.13. The lowest BCUT2D eigenvalue weighted by atomic mass is 10.3. The second-order valence-electron chi connectivity index (χ2n) is 5.99. The van der Waals surface area contributed by atoms with Crippen molar-refractivity contribution in [2.45, 2.75) is 6.54 Å². The molecule has 0 spiro atoms. The monoisotopic (exact) mass is 365 g/mol. The van der Waals surface area contributed by atoms with E-state index in [1.165, 1.54) is 11.6 Å². The fraction of sp³-hybridized carbons (Fsp3) is 0.211. The van der Waals surface area contributed by atoms with Gasteiger partial charge in [0.25, 0.3) is 5.56 Å². The number of hydrogen-bond acceptors (Lipinski definition) is 4. The summed E-state index contributed by atoms with van der Waals surface area (Å²) in [7, 11) is 4.77. The zero-order chi connectivity index (χ0) is 19.4. The number of aromatic nitrogens is 2. The van der Waals surface area contributed by atoms with E-state index in [0.717, 1.165) is 4.57 Å². The van der Waals surface area contributed by atoms with Gasteiger partial charge in [0.15, 0.2) is 0 Å². The van der Waals surface area contributed by atoms with Gasteiger partial charge in [-0.05, 0) is 12.1 Å². The summed E-state index contributed by atoms with van der Waals surface area (Å²) < 4.78 is 7.75. The first-order valence-electron chi connectivity index (χ1n) is 8.24. The van der Waals surface area contributed by atoms with Gasteiger partial charge in [0.1, 0.15) is 11.6 Å². The van der Waals surface area contributed by atoms with Gasteiger partial charge in [0.2, 0.25) is 5.56 Å². The molecule has 138 valence electrons. The van der Waals surface area contributed by atoms with E-state index in [2.05, 4.69) is 16.4 Å². The Hall–Kier alpha value is -3.73. The van der Waals surface area contributed by atoms with Crippen LogP contribution in [0.2, 0.25) is 0 Å². The van der Waals surface area contributed by atoms with Gasteiger partial charge in [-0.2, -0.15) is 0 Å². The van der Waals surface area contributed by atoms with E-state index in [-0.39, 0.29) is 5.56 Å². The smallest absolute Gasteiger partial charge is 0.332 e. The van der Waals surface area contributed by atoms with Gasteiger partial charge in [-0.1, -0.05) is 41.0 Å². The highest BCUT2D eigenvalue weighted by molar-refractivity contribution is 5.56. The lowest BCUT2D eigenvalue weighted by molar-refractivity contribution is 0.504. The molecular formula is C19H19N5O3. The van der Waals surface area contributed by atoms with Crippen LogP contribution in [0.1, 0.15) is 11.3 Å². The predicted octanol–water partition coefficient (Wildman–Crippen LogP) is 2.61. The summed E-state index contributed by atoms with van der Waals surface area (Å²) in [4.78, 5) is 30.7. The van der Waals surface area contributed by atoms with Crippen LogP contribution in [0.3, 0.4) is 0 Å². The Morgan fingerprint density at radius 2 is 1.85 bits per heavy atom. The normalized spacial score (nSPS) is 10.2. The van der Waals surface area contributed by atoms with Crippen LogP contribution < -0.4 is 16.1 Å². The van der Waals surface area contributed by atoms with Crippen molar-refractivity contribution < 1.29 is 4.42 Å². The van der Waals surface area contributed by atoms with Crippen molar-refractivity contribution >= 4 is 11.5 Å². The fourth-order valence-corrected chi connectivity index (χ4v) is 2.72. The predicted molar refractivity (Wildman–Crippen MR) is 104 cm³/mol. The van der Waals surface area contributed by atoms with E-state index in [4.69, 9.17) is 4.42 Å². The van der Waals surface area contributed by atoms with E-state index in [0.29, 0.717) is 23.8 Å². The molecule has 0 aliphatic carbocycles. The average Bonchev–Trinajstić information content (AvgIpc) is 3.18. The topological polar surface area (TPSA) is 78.8 Å². The maximum atomic E-state index is 12.6. The van der Waals surface area contributed by atoms with Crippen LogP contribution in [0.4, 0.5) is 11.5 Å². The molecule has 0 unspecified atom stereocenters. The average molecular weight is 365 g/mol. The first-order valence-corrected chi connectivity index (χ1v) is 8.24. The van der Waals surface area contributed by atoms with E-state index in [1.807, 2.05) is 24.3 Å². The molecule has 8 heteroatoms. The molecule has 0 saturated carbocycles. The first-order chi connectivity index (χ1) is 13.0. The van der Waals surface area contributed by atoms with Gasteiger partial charge in [-0.25, -0.2) is 4.79 Å². The van der Waals surface area contributed by atoms with Crippen molar-refractivity contribution in [2.24, 2.45) is 14.1 Å². The summed E-state index contributed by atoms with van der Waals surface area (Å²) in [6.45, 7) is 0.373. The van der Waals surface area contributed by atoms with E-state index in [1.54, 1.807) is 43.5 Å². The quantitative estimate of drug-likeness (QED) is 0.666. The number of furan rings is 1. The third-order valence-corrected chi connectivity index (χ3v) is 4.05. The molecule has 0 saturated heterocycles. The van der Waals surface area contributed by atoms with Crippen LogP contribution in [-0.4, -0.2) is 16.2 Å². The van der Waals surface area contributed by atoms with Crippen molar-refractivity contribution in [3.05, 3.63) is 91.3 Å². The molecule has 1 aromatic carbocycles. The van der Waals surface area contributed by atoms with Crippen LogP contribution in [0.5, 0.6) is 0 Å². The molecular weight excluding hydrogens is 346 g/mol. The van der Waals surface area contributed by atoms with Crippen LogP contribution >= 0.6 is 0 Å². The molecule has 0 fully saturated rings. The highest BCUT2D eigenvalue weighted by Gasteiger charge is 2.21. The summed E-state index contributed by atoms with van der Waals surface area (Å²) in [6, 6.07) is 15.4. The maximum absolute atomic E-state index is 12.6. The molecule has 2 aromatic heterocycles. The van der Waals surface area contributed by atoms with Crippen molar-refractivity contribution in [3.8, 4) is 6.07 Å². The minimum Gasteiger partial charge on any atom is -0.467 e. The molecule has 0 N–H and O–H groups in total. The highest BCUT2D eigenvalue weighted by Crippen LogP contribution is 2.19. The molecule has 0 atom stereocenters. The highest BCUT2D eigenvalue weighted by atomic mass is 16.3. The third-order valence-electron chi connectivity index (χ3n) is 4.05. The molecule has 3 rings (SSSR count). The van der Waals surface area contributed by atoms with Crippen molar-refractivity contribution in [1.29, 1.82) is 0 Å². The molecule has 2 heterocycles. The molecule has 0 amide bonds. The van der Waals surface area contributed by atoms with Crippen LogP contribution in [0.25, 0.3) is 10.4 Å². The minimum atomic E-state index is -0.494. The number of nitrogens with zero attached hydrogens (tertiary/aromatic N) is 5. The zero-order valence-corrected chi connectivity index (χ0v) is 15.3. The summed E-state index contributed by atoms with van der Waals surface area (Å²) in [5.74, 6) is 1.08. The third kappa shape index (κ3) is 3.77. The summed E-state index contributed by atoms with van der Waals surface area (Å²) in [5.41, 5.74) is 3.89. The second-order valence-corrected chi connectivity index (χ2v) is 5.99. The Labute approximate surface area is 155 Å². The molecule has 8 nitrogen and oxygen atoms in total. The number of anilines is 1. The van der Waals surface area contributed by atoms with E-state index >= 15 is 0 Å². The summed E-state index contributed by atoms with van der Waals surface area (Å²) >= 11 is 0. The minimum absolute atomic E-state index is 0.147. The van der Waals surface area contributed by atoms with E-state index in [9.17, 15) is 9.59 Å². The number of rotatable bonds is 4. The lowest BCUT2D eigenvalue weighted by Gasteiger charge is -2.21. The van der Waals surface area contributed by atoms with Crippen LogP contribution in [0, 0.1) is 6.07 Å². The Morgan fingerprint density at radius 3 is 2.52 bits per heavy atom. The first kappa shape index (κ1) is 18.1. The second kappa shape index (κ2) is 7.66. The van der Waals surface area contributed by atoms with Gasteiger partial charge >= 0.3 is 11.8 Å². The van der Waals surface area contributed by atoms with Gasteiger partial charge in [0.05, 0.1) is 12.8 Å². The van der Waals surface area contributed by atoms with Gasteiger partial charge < -0.3 is 9.32 Å². The molecule has 27 heavy (non-hydrogen) atoms. The Morgan fingerprint density at radius 1 is 1.11 bits per heavy atom. The number of hydrogen-bond donors (Lipinski definition) is 0. The summed E-state index contributed by atoms with van der Waals surface area (Å²) in [6.07, 6.45) is 1.57. The number of benzene rings is 1. The standard InChI is InChI=1S/C19H19N5O3/c1-22(13-15-10-7-11-27-15)17-16(18(25)24(3)19(26)23(17)2)12-20-21-14-8-5-4-6-9-14/h4-11H,13H2,1-3H3. The lowest BCUT2D eigenvalue weighted by Crippen LogP contribution is -2.41. The molecule has 0 radical (unpaired) electrons. The van der Waals surface area contributed by atoms with Crippen molar-refractivity contribution in [1.82, 2.24) is 9.13 Å². The molecule has 0 aliphatic heterocycles. The molecule has 0 bridgehead atoms. The van der Waals surface area contributed by atoms with Crippen LogP contribution in [-0.2, 0) is 20.6 Å². The SMILES string of the molecule is CN(Cc1ccco1)c1c(C#[N+][N-]c2ccccc2)c(=O)n(C)c(=O)n1C. The molecule has 3 aromatic rings. The Balaban J connectivity index is 2.04. The summed E-state index contributed by atoms with van der Waals surface area (Å²) in [5, 5.41) is 0. The van der Waals surface area contributed by atoms with Gasteiger partial charge in [-0.3, -0.25) is 19.4 Å². The molecule has 0 aliphatic rings. The Bertz CT molecular complexity index is 1100. The zero-order valence-electron chi connectivity index (χ0n) is 15.3. The van der Waals surface area contributed by atoms with Gasteiger partial charge in [-0.15, -0.1) is 0 Å². The van der Waals surface area contributed by atoms with Crippen molar-refractivity contribution in [3.63, 3.8) is 0 Å². The van der Waals surface area contributed by atoms with E-state index < -0.39 is 11.2 Å². The fourth-order valence-electron chi connectivity index (χ4n) is 2.72. The van der Waals surface area contributed by atoms with Crippen molar-refractivity contribution in [2.75, 3.05) is 11.9 Å². The maximum Gasteiger partial charge on any atom is 0.332 e. The largest absolute Gasteiger partial charge is 0.467 e. The van der Waals surface area contributed by atoms with Gasteiger partial charge in [0, 0.05) is 21.1 Å².